The summed E-state index contributed by atoms with van der Waals surface area (Å²) in [7, 11) is -3.60. The number of H-pyrrole nitrogens is 1. The fourth-order valence-corrected chi connectivity index (χ4v) is 4.83. The second-order valence-corrected chi connectivity index (χ2v) is 8.43. The monoisotopic (exact) mass is 363 g/mol. The lowest BCUT2D eigenvalue weighted by atomic mass is 9.96. The van der Waals surface area contributed by atoms with Crippen LogP contribution in [-0.2, 0) is 15.4 Å². The van der Waals surface area contributed by atoms with Gasteiger partial charge in [0.05, 0.1) is 11.4 Å². The predicted molar refractivity (Wildman–Crippen MR) is 91.6 cm³/mol. The maximum Gasteiger partial charge on any atom is 0.244 e. The molecule has 1 aromatic heterocycles. The van der Waals surface area contributed by atoms with Crippen LogP contribution in [0.1, 0.15) is 29.8 Å². The van der Waals surface area contributed by atoms with Crippen LogP contribution >= 0.6 is 0 Å². The van der Waals surface area contributed by atoms with Crippen molar-refractivity contribution in [2.45, 2.75) is 37.0 Å². The molecule has 0 bridgehead atoms. The molecule has 0 saturated heterocycles. The van der Waals surface area contributed by atoms with E-state index in [0.717, 1.165) is 29.9 Å². The Bertz CT molecular complexity index is 896. The zero-order chi connectivity index (χ0) is 17.7. The minimum atomic E-state index is -3.60. The summed E-state index contributed by atoms with van der Waals surface area (Å²) < 4.78 is 39.3. The maximum atomic E-state index is 12.7. The molecule has 1 aromatic carbocycles. The zero-order valence-corrected chi connectivity index (χ0v) is 15.1. The van der Waals surface area contributed by atoms with Gasteiger partial charge in [0.2, 0.25) is 10.0 Å². The Morgan fingerprint density at radius 2 is 1.92 bits per heavy atom. The van der Waals surface area contributed by atoms with Crippen molar-refractivity contribution in [2.75, 3.05) is 19.8 Å². The molecule has 134 valence electrons. The van der Waals surface area contributed by atoms with Crippen LogP contribution in [0.5, 0.6) is 11.5 Å². The first-order valence-electron chi connectivity index (χ1n) is 8.33. The molecule has 0 radical (unpaired) electrons. The number of benzene rings is 1. The molecule has 1 aliphatic carbocycles. The van der Waals surface area contributed by atoms with E-state index in [-0.39, 0.29) is 10.3 Å². The number of aryl methyl sites for hydroxylation is 2. The Morgan fingerprint density at radius 3 is 2.56 bits per heavy atom. The van der Waals surface area contributed by atoms with Gasteiger partial charge in [-0.15, -0.1) is 0 Å². The summed E-state index contributed by atoms with van der Waals surface area (Å²) in [5.74, 6) is 1.48. The fourth-order valence-electron chi connectivity index (χ4n) is 3.33. The highest BCUT2D eigenvalue weighted by Crippen LogP contribution is 2.49. The molecule has 4 rings (SSSR count). The van der Waals surface area contributed by atoms with Gasteiger partial charge in [-0.1, -0.05) is 6.07 Å². The molecule has 8 heteroatoms. The summed E-state index contributed by atoms with van der Waals surface area (Å²) in [6.45, 7) is 4.85. The van der Waals surface area contributed by atoms with Gasteiger partial charge in [0, 0.05) is 12.0 Å². The van der Waals surface area contributed by atoms with E-state index < -0.39 is 10.0 Å². The van der Waals surface area contributed by atoms with E-state index in [0.29, 0.717) is 31.1 Å². The van der Waals surface area contributed by atoms with Gasteiger partial charge in [0.15, 0.2) is 11.5 Å². The van der Waals surface area contributed by atoms with Gasteiger partial charge in [-0.3, -0.25) is 5.10 Å². The highest BCUT2D eigenvalue weighted by atomic mass is 32.2. The fraction of sp³-hybridized carbons (Fsp3) is 0.471. The minimum Gasteiger partial charge on any atom is -0.486 e. The van der Waals surface area contributed by atoms with Gasteiger partial charge < -0.3 is 9.47 Å². The Balaban J connectivity index is 1.55. The van der Waals surface area contributed by atoms with Crippen molar-refractivity contribution in [1.82, 2.24) is 14.9 Å². The van der Waals surface area contributed by atoms with E-state index in [2.05, 4.69) is 14.9 Å². The average Bonchev–Trinajstić information content (AvgIpc) is 3.32. The van der Waals surface area contributed by atoms with Crippen LogP contribution in [0.2, 0.25) is 0 Å². The van der Waals surface area contributed by atoms with Crippen LogP contribution in [0.15, 0.2) is 23.1 Å². The van der Waals surface area contributed by atoms with Crippen molar-refractivity contribution >= 4 is 10.0 Å². The topological polar surface area (TPSA) is 93.3 Å². The predicted octanol–water partition coefficient (Wildman–Crippen LogP) is 1.81. The summed E-state index contributed by atoms with van der Waals surface area (Å²) in [5.41, 5.74) is 1.94. The molecule has 2 heterocycles. The van der Waals surface area contributed by atoms with E-state index in [9.17, 15) is 8.42 Å². The second kappa shape index (κ2) is 5.74. The maximum absolute atomic E-state index is 12.7. The number of aromatic nitrogens is 2. The molecule has 0 spiro atoms. The van der Waals surface area contributed by atoms with Gasteiger partial charge >= 0.3 is 0 Å². The highest BCUT2D eigenvalue weighted by Gasteiger charge is 2.45. The third-order valence-corrected chi connectivity index (χ3v) is 6.60. The lowest BCUT2D eigenvalue weighted by Crippen LogP contribution is -2.33. The largest absolute Gasteiger partial charge is 0.486 e. The summed E-state index contributed by atoms with van der Waals surface area (Å²) >= 11 is 0. The van der Waals surface area contributed by atoms with E-state index in [1.165, 1.54) is 0 Å². The Kier molecular flexibility index (Phi) is 3.77. The molecule has 2 aromatic rings. The Labute approximate surface area is 146 Å². The Hall–Kier alpha value is -2.06. The molecule has 1 aliphatic heterocycles. The number of ether oxygens (including phenoxy) is 2. The molecular formula is C17H21N3O4S. The number of fused-ring (bicyclic) bond motifs is 1. The van der Waals surface area contributed by atoms with Crippen LogP contribution < -0.4 is 14.2 Å². The SMILES string of the molecule is Cc1n[nH]c(C)c1S(=O)(=O)NCC1(c2ccc3c(c2)OCCO3)CC1. The van der Waals surface area contributed by atoms with Gasteiger partial charge in [0.25, 0.3) is 0 Å². The summed E-state index contributed by atoms with van der Waals surface area (Å²) in [6.07, 6.45) is 1.89. The second-order valence-electron chi connectivity index (χ2n) is 6.73. The number of nitrogens with one attached hydrogen (secondary N) is 2. The third-order valence-electron chi connectivity index (χ3n) is 4.94. The lowest BCUT2D eigenvalue weighted by molar-refractivity contribution is 0.171. The van der Waals surface area contributed by atoms with E-state index >= 15 is 0 Å². The van der Waals surface area contributed by atoms with Crippen molar-refractivity contribution in [3.8, 4) is 11.5 Å². The minimum absolute atomic E-state index is 0.172. The molecule has 25 heavy (non-hydrogen) atoms. The van der Waals surface area contributed by atoms with Crippen LogP contribution in [0.4, 0.5) is 0 Å². The van der Waals surface area contributed by atoms with Crippen LogP contribution in [0, 0.1) is 13.8 Å². The molecular weight excluding hydrogens is 342 g/mol. The first kappa shape index (κ1) is 16.4. The third kappa shape index (κ3) is 2.89. The quantitative estimate of drug-likeness (QED) is 0.845. The van der Waals surface area contributed by atoms with Crippen molar-refractivity contribution in [3.05, 3.63) is 35.2 Å². The van der Waals surface area contributed by atoms with Crippen molar-refractivity contribution in [3.63, 3.8) is 0 Å². The number of rotatable bonds is 5. The van der Waals surface area contributed by atoms with Crippen LogP contribution in [0.25, 0.3) is 0 Å². The first-order chi connectivity index (χ1) is 11.9. The number of aromatic amines is 1. The number of hydrogen-bond acceptors (Lipinski definition) is 5. The van der Waals surface area contributed by atoms with Crippen molar-refractivity contribution in [2.24, 2.45) is 0 Å². The van der Waals surface area contributed by atoms with Crippen LogP contribution in [-0.4, -0.2) is 38.4 Å². The smallest absolute Gasteiger partial charge is 0.244 e. The van der Waals surface area contributed by atoms with E-state index in [4.69, 9.17) is 9.47 Å². The van der Waals surface area contributed by atoms with Gasteiger partial charge in [0.1, 0.15) is 18.1 Å². The number of hydrogen-bond donors (Lipinski definition) is 2. The first-order valence-corrected chi connectivity index (χ1v) is 9.81. The lowest BCUT2D eigenvalue weighted by Gasteiger charge is -2.22. The van der Waals surface area contributed by atoms with Crippen molar-refractivity contribution < 1.29 is 17.9 Å². The zero-order valence-electron chi connectivity index (χ0n) is 14.3. The molecule has 7 nitrogen and oxygen atoms in total. The molecule has 0 unspecified atom stereocenters. The molecule has 1 saturated carbocycles. The molecule has 0 atom stereocenters. The standard InChI is InChI=1S/C17H21N3O4S/c1-11-16(12(2)20-19-11)25(21,22)18-10-17(5-6-17)13-3-4-14-15(9-13)24-8-7-23-14/h3-4,9,18H,5-8,10H2,1-2H3,(H,19,20). The van der Waals surface area contributed by atoms with Crippen molar-refractivity contribution in [1.29, 1.82) is 0 Å². The van der Waals surface area contributed by atoms with E-state index in [1.807, 2.05) is 18.2 Å². The Morgan fingerprint density at radius 1 is 1.20 bits per heavy atom. The number of sulfonamides is 1. The summed E-state index contributed by atoms with van der Waals surface area (Å²) in [4.78, 5) is 0.241. The molecule has 2 N–H and O–H groups in total. The average molecular weight is 363 g/mol. The van der Waals surface area contributed by atoms with Gasteiger partial charge in [-0.25, -0.2) is 13.1 Å². The number of nitrogens with zero attached hydrogens (tertiary/aromatic N) is 1. The molecule has 0 amide bonds. The summed E-state index contributed by atoms with van der Waals surface area (Å²) in [5, 5.41) is 6.70. The summed E-state index contributed by atoms with van der Waals surface area (Å²) in [6, 6.07) is 5.88. The van der Waals surface area contributed by atoms with Gasteiger partial charge in [-0.2, -0.15) is 5.10 Å². The normalized spacial score (nSPS) is 18.2. The highest BCUT2D eigenvalue weighted by molar-refractivity contribution is 7.89. The van der Waals surface area contributed by atoms with E-state index in [1.54, 1.807) is 13.8 Å². The molecule has 2 aliphatic rings. The van der Waals surface area contributed by atoms with Crippen LogP contribution in [0.3, 0.4) is 0 Å². The van der Waals surface area contributed by atoms with Gasteiger partial charge in [-0.05, 0) is 44.4 Å². The molecule has 1 fully saturated rings.